The summed E-state index contributed by atoms with van der Waals surface area (Å²) in [6.07, 6.45) is 5.58. The Labute approximate surface area is 249 Å². The molecule has 0 radical (unpaired) electrons. The number of piperidine rings is 1. The summed E-state index contributed by atoms with van der Waals surface area (Å²) in [5.41, 5.74) is 5.93. The van der Waals surface area contributed by atoms with Gasteiger partial charge in [0.1, 0.15) is 11.5 Å². The summed E-state index contributed by atoms with van der Waals surface area (Å²) in [6.45, 7) is 21.1. The number of phenols is 1. The number of aliphatic hydroxyl groups excluding tert-OH is 1. The van der Waals surface area contributed by atoms with E-state index in [1.54, 1.807) is 0 Å². The van der Waals surface area contributed by atoms with Crippen molar-refractivity contribution < 1.29 is 19.8 Å². The van der Waals surface area contributed by atoms with Crippen LogP contribution in [0.15, 0.2) is 45.9 Å². The maximum absolute atomic E-state index is 14.2. The minimum atomic E-state index is -0.364. The van der Waals surface area contributed by atoms with Gasteiger partial charge in [-0.05, 0) is 70.6 Å². The molecule has 1 aromatic rings. The Hall–Kier alpha value is -3.28. The number of carbonyl (C=O) groups excluding carboxylic acids is 2. The number of nitrogens with zero attached hydrogens (tertiary/aromatic N) is 2. The van der Waals surface area contributed by atoms with Crippen LogP contribution in [0.5, 0.6) is 5.75 Å². The minimum Gasteiger partial charge on any atom is -0.507 e. The molecule has 2 aliphatic carbocycles. The molecule has 0 unspecified atom stereocenters. The van der Waals surface area contributed by atoms with Gasteiger partial charge >= 0.3 is 0 Å². The number of allylic oxidation sites excluding steroid dienone is 6. The summed E-state index contributed by atoms with van der Waals surface area (Å²) in [5.74, 6) is -0.615. The fourth-order valence-electron chi connectivity index (χ4n) is 8.40. The Bertz CT molecular complexity index is 1640. The Morgan fingerprint density at radius 3 is 1.90 bits per heavy atom. The summed E-state index contributed by atoms with van der Waals surface area (Å²) < 4.78 is 0. The topological polar surface area (TPSA) is 81.1 Å². The Balaban J connectivity index is 1.44. The number of anilines is 1. The molecule has 42 heavy (non-hydrogen) atoms. The maximum atomic E-state index is 14.2. The molecule has 1 saturated heterocycles. The van der Waals surface area contributed by atoms with E-state index in [-0.39, 0.29) is 55.9 Å². The molecule has 7 rings (SSSR count). The first-order valence-electron chi connectivity index (χ1n) is 15.6. The van der Waals surface area contributed by atoms with Crippen molar-refractivity contribution in [3.63, 3.8) is 0 Å². The number of hydrogen-bond acceptors (Lipinski definition) is 6. The highest BCUT2D eigenvalue weighted by molar-refractivity contribution is 6.42. The average Bonchev–Trinajstić information content (AvgIpc) is 2.88. The van der Waals surface area contributed by atoms with E-state index in [2.05, 4.69) is 65.2 Å². The number of rotatable bonds is 1. The second-order valence-corrected chi connectivity index (χ2v) is 16.0. The summed E-state index contributed by atoms with van der Waals surface area (Å²) in [5, 5.41) is 23.4. The van der Waals surface area contributed by atoms with E-state index in [4.69, 9.17) is 0 Å². The molecule has 222 valence electrons. The normalized spacial score (nSPS) is 28.3. The fourth-order valence-corrected chi connectivity index (χ4v) is 8.40. The third kappa shape index (κ3) is 3.44. The molecular formula is C36H44N2O4. The van der Waals surface area contributed by atoms with Crippen molar-refractivity contribution >= 4 is 22.8 Å². The van der Waals surface area contributed by atoms with E-state index in [9.17, 15) is 19.8 Å². The van der Waals surface area contributed by atoms with Crippen LogP contribution in [-0.4, -0.2) is 52.9 Å². The lowest BCUT2D eigenvalue weighted by atomic mass is 9.63. The number of aromatic hydroxyl groups is 1. The zero-order valence-corrected chi connectivity index (χ0v) is 26.4. The predicted molar refractivity (Wildman–Crippen MR) is 166 cm³/mol. The van der Waals surface area contributed by atoms with Crippen molar-refractivity contribution in [3.8, 4) is 5.75 Å². The van der Waals surface area contributed by atoms with Gasteiger partial charge in [-0.1, -0.05) is 55.4 Å². The van der Waals surface area contributed by atoms with E-state index < -0.39 is 0 Å². The number of benzene rings is 1. The first-order valence-corrected chi connectivity index (χ1v) is 15.6. The molecule has 0 amide bonds. The van der Waals surface area contributed by atoms with Crippen LogP contribution in [0.1, 0.15) is 97.8 Å². The molecule has 2 N–H and O–H groups in total. The van der Waals surface area contributed by atoms with Crippen molar-refractivity contribution in [2.24, 2.45) is 10.8 Å². The van der Waals surface area contributed by atoms with Crippen molar-refractivity contribution in [2.75, 3.05) is 31.1 Å². The number of carbonyl (C=O) groups is 2. The molecule has 4 heterocycles. The van der Waals surface area contributed by atoms with Crippen LogP contribution in [0, 0.1) is 10.8 Å². The first-order chi connectivity index (χ1) is 19.5. The van der Waals surface area contributed by atoms with Gasteiger partial charge in [0, 0.05) is 59.8 Å². The number of ketones is 2. The van der Waals surface area contributed by atoms with Gasteiger partial charge in [-0.15, -0.1) is 0 Å². The molecule has 6 aliphatic rings. The number of Topliss-reactive ketones (excluding diaryl/α,β-unsaturated/α-hetero) is 2. The minimum absolute atomic E-state index is 0.0795. The molecule has 0 spiro atoms. The van der Waals surface area contributed by atoms with Crippen LogP contribution in [-0.2, 0) is 20.4 Å². The van der Waals surface area contributed by atoms with Crippen LogP contribution in [0.25, 0.3) is 5.57 Å². The van der Waals surface area contributed by atoms with Crippen molar-refractivity contribution in [3.05, 3.63) is 62.6 Å². The summed E-state index contributed by atoms with van der Waals surface area (Å²) >= 11 is 0. The third-order valence-corrected chi connectivity index (χ3v) is 11.5. The third-order valence-electron chi connectivity index (χ3n) is 11.5. The van der Waals surface area contributed by atoms with Gasteiger partial charge < -0.3 is 20.0 Å². The van der Waals surface area contributed by atoms with E-state index >= 15 is 0 Å². The molecule has 6 nitrogen and oxygen atoms in total. The lowest BCUT2D eigenvalue weighted by molar-refractivity contribution is -0.115. The lowest BCUT2D eigenvalue weighted by Crippen LogP contribution is -2.48. The van der Waals surface area contributed by atoms with Gasteiger partial charge in [0.15, 0.2) is 5.78 Å². The summed E-state index contributed by atoms with van der Waals surface area (Å²) in [7, 11) is 0. The van der Waals surface area contributed by atoms with Gasteiger partial charge in [-0.3, -0.25) is 9.59 Å². The molecule has 1 aromatic carbocycles. The largest absolute Gasteiger partial charge is 0.507 e. The zero-order chi connectivity index (χ0) is 30.3. The lowest BCUT2D eigenvalue weighted by Gasteiger charge is -2.51. The van der Waals surface area contributed by atoms with Gasteiger partial charge in [-0.25, -0.2) is 0 Å². The molecule has 0 atom stereocenters. The summed E-state index contributed by atoms with van der Waals surface area (Å²) in [4.78, 5) is 33.0. The molecule has 4 aliphatic heterocycles. The maximum Gasteiger partial charge on any atom is 0.202 e. The van der Waals surface area contributed by atoms with Gasteiger partial charge in [-0.2, -0.15) is 0 Å². The zero-order valence-electron chi connectivity index (χ0n) is 26.4. The number of aliphatic hydroxyl groups is 1. The molecular weight excluding hydrogens is 524 g/mol. The predicted octanol–water partition coefficient (Wildman–Crippen LogP) is 6.63. The molecule has 6 heteroatoms. The molecule has 0 saturated carbocycles. The van der Waals surface area contributed by atoms with Crippen LogP contribution in [0.4, 0.5) is 5.69 Å². The van der Waals surface area contributed by atoms with Crippen LogP contribution in [0.3, 0.4) is 0 Å². The molecule has 0 aromatic heterocycles. The Kier molecular flexibility index (Phi) is 5.38. The fraction of sp³-hybridized carbons (Fsp3) is 0.556. The quantitative estimate of drug-likeness (QED) is 0.370. The van der Waals surface area contributed by atoms with Crippen molar-refractivity contribution in [2.45, 2.75) is 91.9 Å². The second kappa shape index (κ2) is 8.21. The number of hydrogen-bond donors (Lipinski definition) is 2. The monoisotopic (exact) mass is 568 g/mol. The summed E-state index contributed by atoms with van der Waals surface area (Å²) in [6, 6.07) is 1.93. The van der Waals surface area contributed by atoms with Crippen LogP contribution in [0.2, 0.25) is 0 Å². The smallest absolute Gasteiger partial charge is 0.202 e. The SMILES string of the molecule is CC1(C)CCN2CCC(C)(C)C3=C2C1=C/C(=C1/C(=O)C(c2cc4c5c(c2O)C(C)(C)CCN5CCC4(C)C)=C1O)C3=O. The van der Waals surface area contributed by atoms with Crippen LogP contribution < -0.4 is 4.90 Å². The Morgan fingerprint density at radius 1 is 0.690 bits per heavy atom. The highest BCUT2D eigenvalue weighted by Crippen LogP contribution is 2.57. The van der Waals surface area contributed by atoms with Gasteiger partial charge in [0.25, 0.3) is 0 Å². The van der Waals surface area contributed by atoms with Crippen molar-refractivity contribution in [1.82, 2.24) is 4.90 Å². The van der Waals surface area contributed by atoms with E-state index in [1.807, 2.05) is 12.1 Å². The van der Waals surface area contributed by atoms with Gasteiger partial charge in [0.2, 0.25) is 5.78 Å². The van der Waals surface area contributed by atoms with E-state index in [0.717, 1.165) is 85.5 Å². The van der Waals surface area contributed by atoms with Crippen LogP contribution >= 0.6 is 0 Å². The highest BCUT2D eigenvalue weighted by Gasteiger charge is 2.51. The Morgan fingerprint density at radius 2 is 1.26 bits per heavy atom. The van der Waals surface area contributed by atoms with Gasteiger partial charge in [0.05, 0.1) is 11.1 Å². The molecule has 0 bridgehead atoms. The van der Waals surface area contributed by atoms with Crippen molar-refractivity contribution in [1.29, 1.82) is 0 Å². The second-order valence-electron chi connectivity index (χ2n) is 16.0. The first kappa shape index (κ1) is 27.5. The van der Waals surface area contributed by atoms with E-state index in [1.165, 1.54) is 0 Å². The molecule has 1 fully saturated rings. The average molecular weight is 569 g/mol. The number of phenolic OH excluding ortho intramolecular Hbond substituents is 1. The van der Waals surface area contributed by atoms with E-state index in [0.29, 0.717) is 11.1 Å². The highest BCUT2D eigenvalue weighted by atomic mass is 16.3. The standard InChI is InChI=1S/C36H44N2O4/c1-33(2)9-13-37-15-11-35(5,6)25-27(37)21(33)17-19(29(25)39)23-31(41)24(32(23)42)20-18-22-28-26(30(20)40)36(7,8)12-16-38(28)14-10-34(22,3)4/h17-18,39,41H,9-16H2,1-8H3/b24-20-.